The van der Waals surface area contributed by atoms with Crippen LogP contribution in [0.2, 0.25) is 0 Å². The van der Waals surface area contributed by atoms with Gasteiger partial charge in [0.15, 0.2) is 0 Å². The summed E-state index contributed by atoms with van der Waals surface area (Å²) in [6, 6.07) is 8.22. The maximum absolute atomic E-state index is 12.1. The lowest BCUT2D eigenvalue weighted by Crippen LogP contribution is -2.13. The second-order valence-corrected chi connectivity index (χ2v) is 4.92. The Morgan fingerprint density at radius 2 is 2.00 bits per heavy atom. The predicted molar refractivity (Wildman–Crippen MR) is 78.0 cm³/mol. The molecule has 5 nitrogen and oxygen atoms in total. The van der Waals surface area contributed by atoms with Crippen molar-refractivity contribution < 1.29 is 14.7 Å². The van der Waals surface area contributed by atoms with Crippen LogP contribution in [0.1, 0.15) is 26.4 Å². The van der Waals surface area contributed by atoms with Crippen LogP contribution in [0.3, 0.4) is 0 Å². The van der Waals surface area contributed by atoms with Gasteiger partial charge < -0.3 is 10.4 Å². The number of aromatic carboxylic acids is 1. The zero-order chi connectivity index (χ0) is 14.7. The molecule has 0 radical (unpaired) electrons. The molecule has 0 spiro atoms. The minimum atomic E-state index is -1.11. The van der Waals surface area contributed by atoms with Crippen molar-refractivity contribution in [2.75, 3.05) is 5.32 Å². The lowest BCUT2D eigenvalue weighted by Gasteiger charge is -2.08. The molecule has 1 aromatic carbocycles. The second-order valence-electron chi connectivity index (χ2n) is 4.13. The maximum Gasteiger partial charge on any atom is 0.354 e. The van der Waals surface area contributed by atoms with Gasteiger partial charge in [-0.15, -0.1) is 0 Å². The Kier molecular flexibility index (Phi) is 4.14. The molecule has 1 aromatic heterocycles. The number of aromatic nitrogens is 1. The molecule has 0 saturated carbocycles. The zero-order valence-corrected chi connectivity index (χ0v) is 12.1. The minimum absolute atomic E-state index is 0.0697. The summed E-state index contributed by atoms with van der Waals surface area (Å²) in [6.45, 7) is 1.89. The lowest BCUT2D eigenvalue weighted by molar-refractivity contribution is 0.0690. The molecule has 2 N–H and O–H groups in total. The quantitative estimate of drug-likeness (QED) is 0.903. The number of carbonyl (C=O) groups is 2. The summed E-state index contributed by atoms with van der Waals surface area (Å²) in [4.78, 5) is 26.5. The van der Waals surface area contributed by atoms with Crippen LogP contribution in [0.5, 0.6) is 0 Å². The van der Waals surface area contributed by atoms with Gasteiger partial charge >= 0.3 is 5.97 Å². The Morgan fingerprint density at radius 1 is 1.25 bits per heavy atom. The molecule has 0 fully saturated rings. The Hall–Kier alpha value is -2.21. The van der Waals surface area contributed by atoms with Gasteiger partial charge in [0.1, 0.15) is 5.69 Å². The highest BCUT2D eigenvalue weighted by Crippen LogP contribution is 2.22. The number of hydrogen-bond acceptors (Lipinski definition) is 3. The highest BCUT2D eigenvalue weighted by Gasteiger charge is 2.12. The molecule has 2 rings (SSSR count). The van der Waals surface area contributed by atoms with Gasteiger partial charge in [-0.05, 0) is 46.6 Å². The molecule has 0 atom stereocenters. The number of pyridine rings is 1. The average molecular weight is 335 g/mol. The molecular formula is C14H11BrN2O3. The van der Waals surface area contributed by atoms with Crippen LogP contribution in [0.25, 0.3) is 0 Å². The third kappa shape index (κ3) is 3.03. The second kappa shape index (κ2) is 5.83. The van der Waals surface area contributed by atoms with Crippen molar-refractivity contribution in [3.63, 3.8) is 0 Å². The van der Waals surface area contributed by atoms with E-state index in [-0.39, 0.29) is 11.6 Å². The topological polar surface area (TPSA) is 79.3 Å². The molecule has 2 aromatic rings. The molecule has 0 aliphatic heterocycles. The van der Waals surface area contributed by atoms with Gasteiger partial charge in [0.05, 0.1) is 17.4 Å². The molecular weight excluding hydrogens is 324 g/mol. The number of rotatable bonds is 3. The molecule has 1 amide bonds. The van der Waals surface area contributed by atoms with E-state index in [2.05, 4.69) is 26.2 Å². The van der Waals surface area contributed by atoms with Gasteiger partial charge in [-0.25, -0.2) is 9.78 Å². The average Bonchev–Trinajstić information content (AvgIpc) is 2.42. The molecule has 102 valence electrons. The highest BCUT2D eigenvalue weighted by atomic mass is 79.9. The van der Waals surface area contributed by atoms with Crippen molar-refractivity contribution in [3.8, 4) is 0 Å². The Bertz CT molecular complexity index is 669. The van der Waals surface area contributed by atoms with Crippen LogP contribution in [0.4, 0.5) is 5.69 Å². The first-order chi connectivity index (χ1) is 9.49. The van der Waals surface area contributed by atoms with E-state index >= 15 is 0 Å². The highest BCUT2D eigenvalue weighted by molar-refractivity contribution is 9.10. The van der Waals surface area contributed by atoms with Crippen LogP contribution in [-0.4, -0.2) is 22.0 Å². The Labute approximate surface area is 123 Å². The van der Waals surface area contributed by atoms with Gasteiger partial charge in [0, 0.05) is 4.47 Å². The van der Waals surface area contributed by atoms with Crippen molar-refractivity contribution in [1.82, 2.24) is 4.98 Å². The summed E-state index contributed by atoms with van der Waals surface area (Å²) in [5.74, 6) is -1.39. The fourth-order valence-corrected chi connectivity index (χ4v) is 2.06. The van der Waals surface area contributed by atoms with Gasteiger partial charge in [0.2, 0.25) is 0 Å². The SMILES string of the molecule is Cc1cccc(C(=O)Nc2ccc(C(=O)O)nc2)c1Br. The molecule has 0 aliphatic carbocycles. The van der Waals surface area contributed by atoms with Gasteiger partial charge in [0.25, 0.3) is 5.91 Å². The molecule has 6 heteroatoms. The van der Waals surface area contributed by atoms with E-state index in [1.807, 2.05) is 13.0 Å². The Morgan fingerprint density at radius 3 is 2.60 bits per heavy atom. The van der Waals surface area contributed by atoms with Crippen molar-refractivity contribution in [2.24, 2.45) is 0 Å². The first-order valence-corrected chi connectivity index (χ1v) is 6.54. The number of anilines is 1. The normalized spacial score (nSPS) is 10.1. The first-order valence-electron chi connectivity index (χ1n) is 5.75. The summed E-state index contributed by atoms with van der Waals surface area (Å²) in [5.41, 5.74) is 1.83. The van der Waals surface area contributed by atoms with Crippen LogP contribution >= 0.6 is 15.9 Å². The van der Waals surface area contributed by atoms with Crippen molar-refractivity contribution in [3.05, 3.63) is 57.8 Å². The number of carboxylic acid groups (broad SMARTS) is 1. The van der Waals surface area contributed by atoms with E-state index in [4.69, 9.17) is 5.11 Å². The maximum atomic E-state index is 12.1. The number of nitrogens with one attached hydrogen (secondary N) is 1. The van der Waals surface area contributed by atoms with Gasteiger partial charge in [-0.1, -0.05) is 12.1 Å². The number of nitrogens with zero attached hydrogens (tertiary/aromatic N) is 1. The van der Waals surface area contributed by atoms with E-state index in [1.54, 1.807) is 12.1 Å². The largest absolute Gasteiger partial charge is 0.477 e. The number of hydrogen-bond donors (Lipinski definition) is 2. The van der Waals surface area contributed by atoms with Gasteiger partial charge in [-0.3, -0.25) is 4.79 Å². The third-order valence-corrected chi connectivity index (χ3v) is 3.73. The van der Waals surface area contributed by atoms with Crippen LogP contribution in [0, 0.1) is 6.92 Å². The summed E-state index contributed by atoms with van der Waals surface area (Å²) in [5, 5.41) is 11.4. The van der Waals surface area contributed by atoms with E-state index in [0.717, 1.165) is 10.0 Å². The molecule has 0 bridgehead atoms. The number of amides is 1. The van der Waals surface area contributed by atoms with Crippen molar-refractivity contribution >= 4 is 33.5 Å². The standard InChI is InChI=1S/C14H11BrN2O3/c1-8-3-2-4-10(12(8)15)13(18)17-9-5-6-11(14(19)20)16-7-9/h2-7H,1H3,(H,17,18)(H,19,20). The van der Waals surface area contributed by atoms with E-state index in [1.165, 1.54) is 18.3 Å². The smallest absolute Gasteiger partial charge is 0.354 e. The number of carboxylic acids is 1. The molecule has 0 saturated heterocycles. The summed E-state index contributed by atoms with van der Waals surface area (Å²) in [7, 11) is 0. The molecule has 1 heterocycles. The number of carbonyl (C=O) groups excluding carboxylic acids is 1. The number of aryl methyl sites for hydroxylation is 1. The summed E-state index contributed by atoms with van der Waals surface area (Å²) in [6.07, 6.45) is 1.31. The van der Waals surface area contributed by atoms with Crippen molar-refractivity contribution in [2.45, 2.75) is 6.92 Å². The zero-order valence-electron chi connectivity index (χ0n) is 10.6. The van der Waals surface area contributed by atoms with Crippen molar-refractivity contribution in [1.29, 1.82) is 0 Å². The molecule has 0 unspecified atom stereocenters. The monoisotopic (exact) mass is 334 g/mol. The summed E-state index contributed by atoms with van der Waals surface area (Å²) < 4.78 is 0.729. The van der Waals surface area contributed by atoms with Crippen LogP contribution in [-0.2, 0) is 0 Å². The van der Waals surface area contributed by atoms with Crippen LogP contribution < -0.4 is 5.32 Å². The van der Waals surface area contributed by atoms with Gasteiger partial charge in [-0.2, -0.15) is 0 Å². The lowest BCUT2D eigenvalue weighted by atomic mass is 10.1. The summed E-state index contributed by atoms with van der Waals surface area (Å²) >= 11 is 3.37. The first kappa shape index (κ1) is 14.2. The number of benzene rings is 1. The Balaban J connectivity index is 2.19. The van der Waals surface area contributed by atoms with Crippen LogP contribution in [0.15, 0.2) is 41.0 Å². The fraction of sp³-hybridized carbons (Fsp3) is 0.0714. The predicted octanol–water partition coefficient (Wildman–Crippen LogP) is 3.10. The van der Waals surface area contributed by atoms with E-state index in [0.29, 0.717) is 11.3 Å². The fourth-order valence-electron chi connectivity index (χ4n) is 1.62. The van der Waals surface area contributed by atoms with E-state index in [9.17, 15) is 9.59 Å². The van der Waals surface area contributed by atoms with E-state index < -0.39 is 5.97 Å². The molecule has 20 heavy (non-hydrogen) atoms. The molecule has 0 aliphatic rings. The third-order valence-electron chi connectivity index (χ3n) is 2.68. The minimum Gasteiger partial charge on any atom is -0.477 e. The number of halogens is 1.